The van der Waals surface area contributed by atoms with Gasteiger partial charge in [-0.2, -0.15) is 0 Å². The largest absolute Gasteiger partial charge is 0.480 e. The molecule has 0 fully saturated rings. The predicted octanol–water partition coefficient (Wildman–Crippen LogP) is 2.39. The molecular formula is C18H17NO5. The van der Waals surface area contributed by atoms with Crippen LogP contribution >= 0.6 is 0 Å². The Morgan fingerprint density at radius 1 is 1.08 bits per heavy atom. The van der Waals surface area contributed by atoms with Crippen LogP contribution in [0.2, 0.25) is 0 Å². The van der Waals surface area contributed by atoms with Gasteiger partial charge in [-0.05, 0) is 19.1 Å². The van der Waals surface area contributed by atoms with E-state index in [9.17, 15) is 14.4 Å². The van der Waals surface area contributed by atoms with Gasteiger partial charge in [0.25, 0.3) is 0 Å². The van der Waals surface area contributed by atoms with Crippen molar-refractivity contribution in [3.8, 4) is 5.75 Å². The van der Waals surface area contributed by atoms with Crippen LogP contribution in [0.5, 0.6) is 5.75 Å². The number of nitrogens with zero attached hydrogens (tertiary/aromatic N) is 1. The molecule has 0 radical (unpaired) electrons. The molecule has 0 saturated heterocycles. The fourth-order valence-electron chi connectivity index (χ4n) is 2.18. The second-order valence-electron chi connectivity index (χ2n) is 5.11. The van der Waals surface area contributed by atoms with Gasteiger partial charge in [-0.15, -0.1) is 0 Å². The molecule has 124 valence electrons. The van der Waals surface area contributed by atoms with E-state index in [-0.39, 0.29) is 18.9 Å². The molecule has 1 aliphatic rings. The number of esters is 1. The topological polar surface area (TPSA) is 83.9 Å². The van der Waals surface area contributed by atoms with Crippen LogP contribution in [0.15, 0.2) is 54.6 Å². The first kappa shape index (κ1) is 17.2. The van der Waals surface area contributed by atoms with Gasteiger partial charge in [0.15, 0.2) is 11.5 Å². The van der Waals surface area contributed by atoms with Gasteiger partial charge in [-0.25, -0.2) is 4.79 Å². The highest BCUT2D eigenvalue weighted by Gasteiger charge is 2.24. The fraction of sp³-hybridized carbons (Fsp3) is 0.167. The number of carbonyl (C=O) groups excluding carboxylic acids is 2. The van der Waals surface area contributed by atoms with Crippen LogP contribution < -0.4 is 9.64 Å². The average molecular weight is 327 g/mol. The van der Waals surface area contributed by atoms with E-state index in [0.717, 1.165) is 5.56 Å². The maximum atomic E-state index is 11.2. The molecule has 0 aromatic heterocycles. The zero-order valence-electron chi connectivity index (χ0n) is 13.1. The number of anilines is 1. The molecule has 0 amide bonds. The van der Waals surface area contributed by atoms with Gasteiger partial charge in [0.2, 0.25) is 0 Å². The lowest BCUT2D eigenvalue weighted by atomic mass is 10.2. The summed E-state index contributed by atoms with van der Waals surface area (Å²) in [4.78, 5) is 33.9. The molecular weight excluding hydrogens is 310 g/mol. The molecule has 1 aliphatic heterocycles. The van der Waals surface area contributed by atoms with Crippen LogP contribution in [0.3, 0.4) is 0 Å². The molecule has 1 heterocycles. The Labute approximate surface area is 139 Å². The monoisotopic (exact) mass is 327 g/mol. The lowest BCUT2D eigenvalue weighted by Gasteiger charge is -2.27. The molecule has 0 saturated carbocycles. The molecule has 0 bridgehead atoms. The number of hydrogen-bond acceptors (Lipinski definition) is 5. The molecule has 0 spiro atoms. The number of carboxylic acid groups (broad SMARTS) is 1. The van der Waals surface area contributed by atoms with Crippen LogP contribution in [0.25, 0.3) is 0 Å². The number of aliphatic carboxylic acids is 1. The molecule has 6 nitrogen and oxygen atoms in total. The molecule has 0 unspecified atom stereocenters. The molecule has 1 N–H and O–H groups in total. The second kappa shape index (κ2) is 7.92. The number of hydrogen-bond donors (Lipinski definition) is 1. The van der Waals surface area contributed by atoms with Crippen LogP contribution in [0.4, 0.5) is 5.69 Å². The van der Waals surface area contributed by atoms with E-state index in [1.807, 2.05) is 30.3 Å². The summed E-state index contributed by atoms with van der Waals surface area (Å²) in [7, 11) is 0. The highest BCUT2D eigenvalue weighted by molar-refractivity contribution is 5.93. The zero-order valence-corrected chi connectivity index (χ0v) is 13.1. The highest BCUT2D eigenvalue weighted by atomic mass is 16.5. The van der Waals surface area contributed by atoms with Crippen molar-refractivity contribution in [1.82, 2.24) is 0 Å². The highest BCUT2D eigenvalue weighted by Crippen LogP contribution is 2.30. The van der Waals surface area contributed by atoms with Crippen molar-refractivity contribution in [3.05, 3.63) is 60.2 Å². The van der Waals surface area contributed by atoms with Gasteiger partial charge in [0.1, 0.15) is 13.1 Å². The van der Waals surface area contributed by atoms with Crippen LogP contribution in [0, 0.1) is 0 Å². The van der Waals surface area contributed by atoms with Crippen molar-refractivity contribution < 1.29 is 24.2 Å². The van der Waals surface area contributed by atoms with Gasteiger partial charge < -0.3 is 14.7 Å². The number of ether oxygens (including phenoxy) is 1. The number of para-hydroxylation sites is 2. The molecule has 24 heavy (non-hydrogen) atoms. The number of carboxylic acids is 1. The smallest absolute Gasteiger partial charge is 0.331 e. The summed E-state index contributed by atoms with van der Waals surface area (Å²) < 4.78 is 4.97. The van der Waals surface area contributed by atoms with Crippen molar-refractivity contribution in [2.45, 2.75) is 6.92 Å². The number of fused-ring (bicyclic) bond motifs is 1. The van der Waals surface area contributed by atoms with Gasteiger partial charge in [0, 0.05) is 5.56 Å². The van der Waals surface area contributed by atoms with E-state index in [1.165, 1.54) is 4.90 Å². The number of rotatable bonds is 3. The third-order valence-electron chi connectivity index (χ3n) is 3.26. The molecule has 0 atom stereocenters. The predicted molar refractivity (Wildman–Crippen MR) is 88.4 cm³/mol. The standard InChI is InChI=1S/C10H9NO4.C8H8O/c12-9(13)5-11-6-10(14)15-8-4-2-1-3-7(8)11;1-7(9)8-5-3-2-4-6-8/h1-4H,5-6H2,(H,12,13);2-6H,1H3. The Bertz CT molecular complexity index is 742. The average Bonchev–Trinajstić information content (AvgIpc) is 2.55. The number of Topliss-reactive ketones (excluding diaryl/α,β-unsaturated/α-hetero) is 1. The minimum absolute atomic E-state index is 0.0245. The van der Waals surface area contributed by atoms with Gasteiger partial charge >= 0.3 is 11.9 Å². The van der Waals surface area contributed by atoms with Crippen molar-refractivity contribution in [2.75, 3.05) is 18.0 Å². The van der Waals surface area contributed by atoms with Crippen molar-refractivity contribution in [1.29, 1.82) is 0 Å². The summed E-state index contributed by atoms with van der Waals surface area (Å²) in [5.74, 6) is -0.875. The van der Waals surface area contributed by atoms with Crippen molar-refractivity contribution in [2.24, 2.45) is 0 Å². The third kappa shape index (κ3) is 4.67. The van der Waals surface area contributed by atoms with Crippen LogP contribution in [0.1, 0.15) is 17.3 Å². The van der Waals surface area contributed by atoms with E-state index in [0.29, 0.717) is 11.4 Å². The van der Waals surface area contributed by atoms with E-state index in [1.54, 1.807) is 31.2 Å². The minimum Gasteiger partial charge on any atom is -0.480 e. The lowest BCUT2D eigenvalue weighted by Crippen LogP contribution is -2.39. The minimum atomic E-state index is -0.973. The number of benzene rings is 2. The Morgan fingerprint density at radius 2 is 1.71 bits per heavy atom. The lowest BCUT2D eigenvalue weighted by molar-refractivity contribution is -0.136. The van der Waals surface area contributed by atoms with Gasteiger partial charge in [-0.3, -0.25) is 9.59 Å². The third-order valence-corrected chi connectivity index (χ3v) is 3.26. The Balaban J connectivity index is 0.000000198. The SMILES string of the molecule is CC(=O)c1ccccc1.O=C(O)CN1CC(=O)Oc2ccccc21. The molecule has 2 aromatic carbocycles. The summed E-state index contributed by atoms with van der Waals surface area (Å²) in [6, 6.07) is 16.1. The first-order valence-electron chi connectivity index (χ1n) is 7.30. The van der Waals surface area contributed by atoms with E-state index in [4.69, 9.17) is 9.84 Å². The van der Waals surface area contributed by atoms with Crippen LogP contribution in [-0.2, 0) is 9.59 Å². The quantitative estimate of drug-likeness (QED) is 0.529. The Kier molecular flexibility index (Phi) is 5.68. The molecule has 6 heteroatoms. The van der Waals surface area contributed by atoms with E-state index >= 15 is 0 Å². The summed E-state index contributed by atoms with van der Waals surface area (Å²) in [6.45, 7) is 1.34. The van der Waals surface area contributed by atoms with E-state index in [2.05, 4.69) is 0 Å². The number of carbonyl (C=O) groups is 3. The first-order chi connectivity index (χ1) is 11.5. The second-order valence-corrected chi connectivity index (χ2v) is 5.11. The van der Waals surface area contributed by atoms with Crippen molar-refractivity contribution in [3.63, 3.8) is 0 Å². The summed E-state index contributed by atoms with van der Waals surface area (Å²) >= 11 is 0. The summed E-state index contributed by atoms with van der Waals surface area (Å²) in [5.41, 5.74) is 1.41. The van der Waals surface area contributed by atoms with Crippen LogP contribution in [-0.4, -0.2) is 35.9 Å². The normalized spacial score (nSPS) is 12.4. The first-order valence-corrected chi connectivity index (χ1v) is 7.30. The van der Waals surface area contributed by atoms with Gasteiger partial charge in [-0.1, -0.05) is 42.5 Å². The Morgan fingerprint density at radius 3 is 2.29 bits per heavy atom. The fourth-order valence-corrected chi connectivity index (χ4v) is 2.18. The molecule has 2 aromatic rings. The van der Waals surface area contributed by atoms with E-state index < -0.39 is 11.9 Å². The Hall–Kier alpha value is -3.15. The van der Waals surface area contributed by atoms with Crippen molar-refractivity contribution >= 4 is 23.4 Å². The summed E-state index contributed by atoms with van der Waals surface area (Å²) in [5, 5.41) is 8.68. The number of ketones is 1. The maximum Gasteiger partial charge on any atom is 0.331 e. The zero-order chi connectivity index (χ0) is 17.5. The molecule has 3 rings (SSSR count). The maximum absolute atomic E-state index is 11.2. The summed E-state index contributed by atoms with van der Waals surface area (Å²) in [6.07, 6.45) is 0. The van der Waals surface area contributed by atoms with Gasteiger partial charge in [0.05, 0.1) is 5.69 Å². The molecule has 0 aliphatic carbocycles.